The molecule has 2 heterocycles. The fourth-order valence-electron chi connectivity index (χ4n) is 3.25. The Balaban J connectivity index is 1.80. The third kappa shape index (κ3) is 4.02. The third-order valence-corrected chi connectivity index (χ3v) is 6.79. The molecule has 0 aliphatic rings. The number of pyridine rings is 1. The fourth-order valence-corrected chi connectivity index (χ4v) is 4.71. The van der Waals surface area contributed by atoms with Crippen LogP contribution in [0, 0.1) is 6.92 Å². The van der Waals surface area contributed by atoms with Gasteiger partial charge in [-0.05, 0) is 54.4 Å². The van der Waals surface area contributed by atoms with Crippen molar-refractivity contribution < 1.29 is 13.2 Å². The number of sulfonamides is 1. The van der Waals surface area contributed by atoms with E-state index < -0.39 is 10.0 Å². The van der Waals surface area contributed by atoms with E-state index in [2.05, 4.69) is 16.8 Å². The summed E-state index contributed by atoms with van der Waals surface area (Å²) in [4.78, 5) is 0.154. The van der Waals surface area contributed by atoms with Crippen LogP contribution in [-0.4, -0.2) is 30.1 Å². The number of nitrogens with zero attached hydrogens (tertiary/aromatic N) is 4. The molecule has 0 aliphatic carbocycles. The SMILES string of the molecule is C=Cc1ccc(CN(c2ccc(OC)cc2)S(=O)(=O)c2ccc3nnc(C)n3c2)cc1. The van der Waals surface area contributed by atoms with Gasteiger partial charge in [-0.1, -0.05) is 36.9 Å². The average Bonchev–Trinajstić information content (AvgIpc) is 3.18. The van der Waals surface area contributed by atoms with E-state index in [1.54, 1.807) is 67.1 Å². The van der Waals surface area contributed by atoms with Gasteiger partial charge in [0.2, 0.25) is 0 Å². The van der Waals surface area contributed by atoms with E-state index in [1.807, 2.05) is 24.3 Å². The molecule has 2 aromatic heterocycles. The monoisotopic (exact) mass is 434 g/mol. The van der Waals surface area contributed by atoms with Crippen LogP contribution in [0.2, 0.25) is 0 Å². The minimum Gasteiger partial charge on any atom is -0.497 e. The van der Waals surface area contributed by atoms with Crippen LogP contribution in [0.3, 0.4) is 0 Å². The number of aromatic nitrogens is 3. The van der Waals surface area contributed by atoms with E-state index in [4.69, 9.17) is 4.74 Å². The minimum atomic E-state index is -3.88. The van der Waals surface area contributed by atoms with Crippen molar-refractivity contribution in [2.45, 2.75) is 18.4 Å². The maximum atomic E-state index is 13.7. The van der Waals surface area contributed by atoms with Gasteiger partial charge in [-0.15, -0.1) is 10.2 Å². The first-order valence-corrected chi connectivity index (χ1v) is 11.1. The highest BCUT2D eigenvalue weighted by atomic mass is 32.2. The minimum absolute atomic E-state index is 0.154. The van der Waals surface area contributed by atoms with E-state index in [1.165, 1.54) is 4.31 Å². The summed E-state index contributed by atoms with van der Waals surface area (Å²) in [7, 11) is -2.31. The highest BCUT2D eigenvalue weighted by molar-refractivity contribution is 7.92. The average molecular weight is 435 g/mol. The van der Waals surface area contributed by atoms with Gasteiger partial charge in [-0.2, -0.15) is 0 Å². The number of methoxy groups -OCH3 is 1. The summed E-state index contributed by atoms with van der Waals surface area (Å²) in [5, 5.41) is 8.04. The Kier molecular flexibility index (Phi) is 5.48. The lowest BCUT2D eigenvalue weighted by Gasteiger charge is -2.25. The van der Waals surface area contributed by atoms with Gasteiger partial charge in [0.05, 0.1) is 19.3 Å². The van der Waals surface area contributed by atoms with Crippen molar-refractivity contribution in [1.82, 2.24) is 14.6 Å². The number of hydrogen-bond acceptors (Lipinski definition) is 5. The summed E-state index contributed by atoms with van der Waals surface area (Å²) >= 11 is 0. The quantitative estimate of drug-likeness (QED) is 0.438. The van der Waals surface area contributed by atoms with Gasteiger partial charge in [-0.25, -0.2) is 8.42 Å². The summed E-state index contributed by atoms with van der Waals surface area (Å²) < 4.78 is 35.7. The van der Waals surface area contributed by atoms with Crippen LogP contribution >= 0.6 is 0 Å². The Hall–Kier alpha value is -3.65. The Bertz CT molecular complexity index is 1330. The van der Waals surface area contributed by atoms with Gasteiger partial charge in [0.15, 0.2) is 5.65 Å². The number of benzene rings is 2. The molecular weight excluding hydrogens is 412 g/mol. The molecular formula is C23H22N4O3S. The number of aryl methyl sites for hydroxylation is 1. The fraction of sp³-hybridized carbons (Fsp3) is 0.130. The summed E-state index contributed by atoms with van der Waals surface area (Å²) in [5.74, 6) is 1.26. The lowest BCUT2D eigenvalue weighted by Crippen LogP contribution is -2.30. The molecule has 0 bridgehead atoms. The van der Waals surface area contributed by atoms with Crippen molar-refractivity contribution in [3.63, 3.8) is 0 Å². The van der Waals surface area contributed by atoms with Gasteiger partial charge in [0.1, 0.15) is 16.5 Å². The number of hydrogen-bond donors (Lipinski definition) is 0. The molecule has 0 spiro atoms. The Labute approximate surface area is 181 Å². The Morgan fingerprint density at radius 2 is 1.74 bits per heavy atom. The predicted octanol–water partition coefficient (Wildman–Crippen LogP) is 4.08. The van der Waals surface area contributed by atoms with Crippen molar-refractivity contribution in [3.05, 3.63) is 90.4 Å². The molecule has 158 valence electrons. The number of anilines is 1. The van der Waals surface area contributed by atoms with Crippen LogP contribution < -0.4 is 9.04 Å². The zero-order valence-corrected chi connectivity index (χ0v) is 18.1. The first-order chi connectivity index (χ1) is 14.9. The molecule has 8 heteroatoms. The summed E-state index contributed by atoms with van der Waals surface area (Å²) in [6.07, 6.45) is 3.30. The van der Waals surface area contributed by atoms with Crippen LogP contribution in [0.1, 0.15) is 17.0 Å². The van der Waals surface area contributed by atoms with Crippen LogP contribution in [0.4, 0.5) is 5.69 Å². The molecule has 7 nitrogen and oxygen atoms in total. The molecule has 0 saturated carbocycles. The van der Waals surface area contributed by atoms with E-state index in [0.29, 0.717) is 22.9 Å². The second kappa shape index (κ2) is 8.23. The van der Waals surface area contributed by atoms with Gasteiger partial charge in [0, 0.05) is 6.20 Å². The molecule has 0 fully saturated rings. The van der Waals surface area contributed by atoms with E-state index >= 15 is 0 Å². The number of ether oxygens (including phenoxy) is 1. The highest BCUT2D eigenvalue weighted by Gasteiger charge is 2.26. The van der Waals surface area contributed by atoms with Crippen molar-refractivity contribution in [1.29, 1.82) is 0 Å². The molecule has 0 atom stereocenters. The summed E-state index contributed by atoms with van der Waals surface area (Å²) in [6, 6.07) is 17.8. The van der Waals surface area contributed by atoms with Crippen molar-refractivity contribution in [3.8, 4) is 5.75 Å². The second-order valence-corrected chi connectivity index (χ2v) is 8.86. The molecule has 0 unspecified atom stereocenters. The van der Waals surface area contributed by atoms with E-state index in [9.17, 15) is 8.42 Å². The first kappa shape index (κ1) is 20.6. The van der Waals surface area contributed by atoms with Crippen LogP contribution in [-0.2, 0) is 16.6 Å². The van der Waals surface area contributed by atoms with Crippen molar-refractivity contribution in [2.24, 2.45) is 0 Å². The maximum absolute atomic E-state index is 13.7. The Morgan fingerprint density at radius 1 is 1.03 bits per heavy atom. The Morgan fingerprint density at radius 3 is 2.39 bits per heavy atom. The summed E-state index contributed by atoms with van der Waals surface area (Å²) in [6.45, 7) is 5.71. The number of rotatable bonds is 7. The molecule has 2 aromatic carbocycles. The highest BCUT2D eigenvalue weighted by Crippen LogP contribution is 2.28. The zero-order valence-electron chi connectivity index (χ0n) is 17.3. The van der Waals surface area contributed by atoms with Gasteiger partial charge < -0.3 is 4.74 Å². The van der Waals surface area contributed by atoms with E-state index in [-0.39, 0.29) is 11.4 Å². The van der Waals surface area contributed by atoms with Crippen molar-refractivity contribution in [2.75, 3.05) is 11.4 Å². The molecule has 31 heavy (non-hydrogen) atoms. The van der Waals surface area contributed by atoms with Crippen LogP contribution in [0.25, 0.3) is 11.7 Å². The van der Waals surface area contributed by atoms with Crippen LogP contribution in [0.5, 0.6) is 5.75 Å². The van der Waals surface area contributed by atoms with Gasteiger partial charge >= 0.3 is 0 Å². The van der Waals surface area contributed by atoms with Gasteiger partial charge in [0.25, 0.3) is 10.0 Å². The van der Waals surface area contributed by atoms with Gasteiger partial charge in [-0.3, -0.25) is 8.71 Å². The molecule has 0 radical (unpaired) electrons. The standard InChI is InChI=1S/C23H22N4O3S/c1-4-18-5-7-19(8-6-18)15-27(20-9-11-21(30-3)12-10-20)31(28,29)22-13-14-23-25-24-17(2)26(23)16-22/h4-14,16H,1,15H2,2-3H3. The molecule has 4 aromatic rings. The topological polar surface area (TPSA) is 76.8 Å². The predicted molar refractivity (Wildman–Crippen MR) is 121 cm³/mol. The maximum Gasteiger partial charge on any atom is 0.266 e. The second-order valence-electron chi connectivity index (χ2n) is 7.00. The van der Waals surface area contributed by atoms with Crippen molar-refractivity contribution >= 4 is 27.4 Å². The number of fused-ring (bicyclic) bond motifs is 1. The molecule has 0 aliphatic heterocycles. The smallest absolute Gasteiger partial charge is 0.266 e. The van der Waals surface area contributed by atoms with Crippen LogP contribution in [0.15, 0.2) is 78.3 Å². The molecule has 0 saturated heterocycles. The lowest BCUT2D eigenvalue weighted by molar-refractivity contribution is 0.415. The first-order valence-electron chi connectivity index (χ1n) is 9.62. The van der Waals surface area contributed by atoms with E-state index in [0.717, 1.165) is 11.1 Å². The summed E-state index contributed by atoms with van der Waals surface area (Å²) in [5.41, 5.74) is 2.95. The largest absolute Gasteiger partial charge is 0.497 e. The zero-order chi connectivity index (χ0) is 22.0. The molecule has 4 rings (SSSR count). The normalized spacial score (nSPS) is 11.4. The third-order valence-electron chi connectivity index (χ3n) is 5.04. The molecule has 0 N–H and O–H groups in total. The lowest BCUT2D eigenvalue weighted by atomic mass is 10.1. The molecule has 0 amide bonds.